The fraction of sp³-hybridized carbons (Fsp3) is 0.543. The van der Waals surface area contributed by atoms with Crippen LogP contribution in [0, 0.1) is 30.6 Å². The number of rotatable bonds is 5. The fourth-order valence-corrected chi connectivity index (χ4v) is 8.51. The SMILES string of the molecule is CCCc1cccc(CC2CCC3CCC4c5cc6cc(C)c(CC)cc6cc5CCC4C3C2)c1. The summed E-state index contributed by atoms with van der Waals surface area (Å²) in [6, 6.07) is 19.6. The van der Waals surface area contributed by atoms with Gasteiger partial charge in [-0.1, -0.05) is 68.8 Å². The van der Waals surface area contributed by atoms with E-state index in [2.05, 4.69) is 69.3 Å². The molecule has 3 aromatic rings. The van der Waals surface area contributed by atoms with E-state index in [1.807, 2.05) is 0 Å². The van der Waals surface area contributed by atoms with Crippen LogP contribution in [-0.4, -0.2) is 0 Å². The van der Waals surface area contributed by atoms with Crippen molar-refractivity contribution in [3.63, 3.8) is 0 Å². The molecule has 0 nitrogen and oxygen atoms in total. The van der Waals surface area contributed by atoms with Crippen LogP contribution in [0.3, 0.4) is 0 Å². The van der Waals surface area contributed by atoms with Gasteiger partial charge in [0, 0.05) is 0 Å². The van der Waals surface area contributed by atoms with Gasteiger partial charge in [-0.05, 0) is 145 Å². The predicted octanol–water partition coefficient (Wildman–Crippen LogP) is 9.38. The molecule has 0 bridgehead atoms. The predicted molar refractivity (Wildman–Crippen MR) is 150 cm³/mol. The summed E-state index contributed by atoms with van der Waals surface area (Å²) in [5, 5.41) is 2.95. The number of benzene rings is 3. The molecule has 0 aliphatic heterocycles. The Labute approximate surface area is 213 Å². The lowest BCUT2D eigenvalue weighted by molar-refractivity contribution is 0.0492. The first-order valence-corrected chi connectivity index (χ1v) is 14.8. The Bertz CT molecular complexity index is 1200. The minimum Gasteiger partial charge on any atom is -0.0651 e. The molecule has 3 aliphatic rings. The maximum absolute atomic E-state index is 2.62. The Kier molecular flexibility index (Phi) is 6.50. The van der Waals surface area contributed by atoms with Crippen LogP contribution in [0.4, 0.5) is 0 Å². The average molecular weight is 465 g/mol. The van der Waals surface area contributed by atoms with Crippen molar-refractivity contribution in [1.82, 2.24) is 0 Å². The zero-order chi connectivity index (χ0) is 23.9. The van der Waals surface area contributed by atoms with Gasteiger partial charge in [0.1, 0.15) is 0 Å². The van der Waals surface area contributed by atoms with Crippen LogP contribution < -0.4 is 0 Å². The average Bonchev–Trinajstić information content (AvgIpc) is 2.87. The third-order valence-electron chi connectivity index (χ3n) is 10.2. The summed E-state index contributed by atoms with van der Waals surface area (Å²) in [6.45, 7) is 6.88. The first-order chi connectivity index (χ1) is 17.1. The van der Waals surface area contributed by atoms with Crippen LogP contribution in [0.5, 0.6) is 0 Å². The first kappa shape index (κ1) is 23.3. The van der Waals surface area contributed by atoms with Crippen molar-refractivity contribution in [3.05, 3.63) is 81.9 Å². The lowest BCUT2D eigenvalue weighted by atomic mass is 9.55. The second-order valence-electron chi connectivity index (χ2n) is 12.3. The van der Waals surface area contributed by atoms with Gasteiger partial charge >= 0.3 is 0 Å². The van der Waals surface area contributed by atoms with Crippen molar-refractivity contribution in [2.24, 2.45) is 23.7 Å². The molecule has 0 heterocycles. The summed E-state index contributed by atoms with van der Waals surface area (Å²) >= 11 is 0. The highest BCUT2D eigenvalue weighted by atomic mass is 14.5. The van der Waals surface area contributed by atoms with Crippen molar-refractivity contribution in [2.45, 2.75) is 97.3 Å². The maximum atomic E-state index is 2.62. The smallest absolute Gasteiger partial charge is 0.0128 e. The van der Waals surface area contributed by atoms with E-state index in [4.69, 9.17) is 0 Å². The van der Waals surface area contributed by atoms with Gasteiger partial charge in [-0.3, -0.25) is 0 Å². The molecule has 3 aromatic carbocycles. The van der Waals surface area contributed by atoms with Crippen molar-refractivity contribution < 1.29 is 0 Å². The largest absolute Gasteiger partial charge is 0.0651 e. The van der Waals surface area contributed by atoms with Gasteiger partial charge < -0.3 is 0 Å². The van der Waals surface area contributed by atoms with E-state index in [-0.39, 0.29) is 0 Å². The van der Waals surface area contributed by atoms with Crippen LogP contribution in [-0.2, 0) is 25.7 Å². The summed E-state index contributed by atoms with van der Waals surface area (Å²) < 4.78 is 0. The number of hydrogen-bond donors (Lipinski definition) is 0. The Morgan fingerprint density at radius 3 is 2.49 bits per heavy atom. The molecule has 0 saturated heterocycles. The van der Waals surface area contributed by atoms with E-state index in [9.17, 15) is 0 Å². The van der Waals surface area contributed by atoms with E-state index in [1.54, 1.807) is 16.7 Å². The molecule has 0 amide bonds. The summed E-state index contributed by atoms with van der Waals surface area (Å²) in [6.07, 6.45) is 14.9. The molecule has 6 rings (SSSR count). The molecular formula is C35H44. The molecule has 2 fully saturated rings. The van der Waals surface area contributed by atoms with Crippen molar-refractivity contribution in [2.75, 3.05) is 0 Å². The van der Waals surface area contributed by atoms with E-state index in [1.165, 1.54) is 91.7 Å². The van der Waals surface area contributed by atoms with Gasteiger partial charge in [0.2, 0.25) is 0 Å². The molecule has 0 spiro atoms. The molecule has 5 atom stereocenters. The summed E-state index contributed by atoms with van der Waals surface area (Å²) in [5.41, 5.74) is 9.51. The standard InChI is InChI=1S/C35H44/c1-4-7-24-8-6-9-25(17-24)18-26-10-11-28-12-14-33-32(34(28)19-26)15-13-29-21-31-20-27(5-2)23(3)16-30(31)22-35(29)33/h6,8-9,16-17,20-22,26,28,32-34H,4-5,7,10-15,18-19H2,1-3H3. The second kappa shape index (κ2) is 9.76. The van der Waals surface area contributed by atoms with Crippen LogP contribution in [0.2, 0.25) is 0 Å². The van der Waals surface area contributed by atoms with Crippen LogP contribution >= 0.6 is 0 Å². The quantitative estimate of drug-likeness (QED) is 0.353. The van der Waals surface area contributed by atoms with E-state index in [0.29, 0.717) is 0 Å². The topological polar surface area (TPSA) is 0 Å². The normalized spacial score (nSPS) is 27.8. The number of hydrogen-bond acceptors (Lipinski definition) is 0. The van der Waals surface area contributed by atoms with Gasteiger partial charge in [0.25, 0.3) is 0 Å². The Balaban J connectivity index is 1.23. The molecule has 0 heteroatoms. The van der Waals surface area contributed by atoms with Crippen LogP contribution in [0.25, 0.3) is 10.8 Å². The maximum Gasteiger partial charge on any atom is -0.0128 e. The monoisotopic (exact) mass is 464 g/mol. The third kappa shape index (κ3) is 4.47. The zero-order valence-corrected chi connectivity index (χ0v) is 22.3. The zero-order valence-electron chi connectivity index (χ0n) is 22.3. The van der Waals surface area contributed by atoms with Gasteiger partial charge in [-0.2, -0.15) is 0 Å². The lowest BCUT2D eigenvalue weighted by Gasteiger charge is -2.50. The lowest BCUT2D eigenvalue weighted by Crippen LogP contribution is -2.40. The highest BCUT2D eigenvalue weighted by Crippen LogP contribution is 2.55. The molecule has 3 aliphatic carbocycles. The van der Waals surface area contributed by atoms with E-state index in [0.717, 1.165) is 36.0 Å². The third-order valence-corrected chi connectivity index (χ3v) is 10.2. The highest BCUT2D eigenvalue weighted by molar-refractivity contribution is 5.86. The Morgan fingerprint density at radius 1 is 0.800 bits per heavy atom. The van der Waals surface area contributed by atoms with Gasteiger partial charge in [0.05, 0.1) is 0 Å². The van der Waals surface area contributed by atoms with Crippen molar-refractivity contribution in [3.8, 4) is 0 Å². The van der Waals surface area contributed by atoms with Gasteiger partial charge in [-0.15, -0.1) is 0 Å². The number of fused-ring (bicyclic) bond motifs is 6. The first-order valence-electron chi connectivity index (χ1n) is 14.8. The Morgan fingerprint density at radius 2 is 1.63 bits per heavy atom. The second-order valence-corrected chi connectivity index (χ2v) is 12.3. The molecule has 5 unspecified atom stereocenters. The van der Waals surface area contributed by atoms with Gasteiger partial charge in [-0.25, -0.2) is 0 Å². The molecule has 2 saturated carbocycles. The van der Waals surface area contributed by atoms with Crippen molar-refractivity contribution in [1.29, 1.82) is 0 Å². The molecule has 0 N–H and O–H groups in total. The minimum absolute atomic E-state index is 0.808. The van der Waals surface area contributed by atoms with Crippen LogP contribution in [0.15, 0.2) is 48.5 Å². The fourth-order valence-electron chi connectivity index (χ4n) is 8.51. The van der Waals surface area contributed by atoms with Crippen LogP contribution in [0.1, 0.15) is 98.1 Å². The van der Waals surface area contributed by atoms with E-state index >= 15 is 0 Å². The molecular weight excluding hydrogens is 420 g/mol. The summed E-state index contributed by atoms with van der Waals surface area (Å²) in [7, 11) is 0. The molecule has 0 aromatic heterocycles. The minimum atomic E-state index is 0.808. The highest BCUT2D eigenvalue weighted by Gasteiger charge is 2.44. The molecule has 35 heavy (non-hydrogen) atoms. The number of aryl methyl sites for hydroxylation is 4. The summed E-state index contributed by atoms with van der Waals surface area (Å²) in [5.74, 6) is 4.57. The van der Waals surface area contributed by atoms with Gasteiger partial charge in [0.15, 0.2) is 0 Å². The Hall–Kier alpha value is -2.08. The van der Waals surface area contributed by atoms with Crippen molar-refractivity contribution >= 4 is 10.8 Å². The molecule has 0 radical (unpaired) electrons. The summed E-state index contributed by atoms with van der Waals surface area (Å²) in [4.78, 5) is 0. The van der Waals surface area contributed by atoms with E-state index < -0.39 is 0 Å². The molecule has 184 valence electrons.